The largest absolute Gasteiger partial charge is 0.444 e. The molecule has 0 saturated heterocycles. The lowest BCUT2D eigenvalue weighted by atomic mass is 10.1. The Morgan fingerprint density at radius 3 is 2.38 bits per heavy atom. The molecule has 1 aromatic rings. The fraction of sp³-hybridized carbons (Fsp3) is 0.526. The van der Waals surface area contributed by atoms with Crippen LogP contribution in [0.15, 0.2) is 24.3 Å². The van der Waals surface area contributed by atoms with Crippen molar-refractivity contribution in [2.75, 3.05) is 11.9 Å². The van der Waals surface area contributed by atoms with Gasteiger partial charge in [0.15, 0.2) is 0 Å². The molecule has 0 bridgehead atoms. The molecule has 1 rings (SSSR count). The molecule has 0 radical (unpaired) electrons. The summed E-state index contributed by atoms with van der Waals surface area (Å²) in [5.41, 5.74) is 0.769. The van der Waals surface area contributed by atoms with Gasteiger partial charge in [-0.3, -0.25) is 9.59 Å². The summed E-state index contributed by atoms with van der Waals surface area (Å²) in [6.45, 7) is 7.40. The number of para-hydroxylation sites is 1. The molecule has 0 aliphatic carbocycles. The van der Waals surface area contributed by atoms with Crippen molar-refractivity contribution in [3.05, 3.63) is 29.8 Å². The van der Waals surface area contributed by atoms with Crippen LogP contribution in [0.1, 0.15) is 52.5 Å². The number of ether oxygens (including phenoxy) is 1. The van der Waals surface area contributed by atoms with E-state index in [9.17, 15) is 14.4 Å². The lowest BCUT2D eigenvalue weighted by Gasteiger charge is -2.19. The standard InChI is InChI=1S/C19H29N3O4/c1-5-6-11-16(23)20-12-14-9-7-8-10-15(14)22-17(24)13-21-18(25)26-19(2,3)4/h7-10H,5-6,11-13H2,1-4H3,(H,20,23)(H,21,25)(H,22,24). The Balaban J connectivity index is 2.52. The van der Waals surface area contributed by atoms with Crippen LogP contribution in [0.25, 0.3) is 0 Å². The number of alkyl carbamates (subject to hydrolysis) is 1. The second-order valence-corrected chi connectivity index (χ2v) is 6.94. The Labute approximate surface area is 154 Å². The van der Waals surface area contributed by atoms with Crippen LogP contribution in [0.5, 0.6) is 0 Å². The van der Waals surface area contributed by atoms with Crippen molar-refractivity contribution in [3.63, 3.8) is 0 Å². The van der Waals surface area contributed by atoms with Crippen LogP contribution < -0.4 is 16.0 Å². The van der Waals surface area contributed by atoms with Gasteiger partial charge in [-0.05, 0) is 38.8 Å². The van der Waals surface area contributed by atoms with Crippen molar-refractivity contribution < 1.29 is 19.1 Å². The van der Waals surface area contributed by atoms with E-state index < -0.39 is 11.7 Å². The number of nitrogens with one attached hydrogen (secondary N) is 3. The van der Waals surface area contributed by atoms with Gasteiger partial charge in [-0.2, -0.15) is 0 Å². The summed E-state index contributed by atoms with van der Waals surface area (Å²) in [6, 6.07) is 7.21. The second-order valence-electron chi connectivity index (χ2n) is 6.94. The van der Waals surface area contributed by atoms with Crippen LogP contribution in [0.2, 0.25) is 0 Å². The molecule has 0 saturated carbocycles. The van der Waals surface area contributed by atoms with Gasteiger partial charge in [0.2, 0.25) is 11.8 Å². The normalized spacial score (nSPS) is 10.8. The molecular formula is C19H29N3O4. The third-order valence-electron chi connectivity index (χ3n) is 3.32. The highest BCUT2D eigenvalue weighted by Gasteiger charge is 2.17. The minimum absolute atomic E-state index is 0.0143. The molecule has 0 unspecified atom stereocenters. The fourth-order valence-corrected chi connectivity index (χ4v) is 2.08. The van der Waals surface area contributed by atoms with Crippen LogP contribution in [-0.4, -0.2) is 30.1 Å². The Kier molecular flexibility index (Phi) is 8.61. The molecule has 3 N–H and O–H groups in total. The highest BCUT2D eigenvalue weighted by molar-refractivity contribution is 5.94. The average Bonchev–Trinajstić information content (AvgIpc) is 2.56. The van der Waals surface area contributed by atoms with Crippen LogP contribution in [0, 0.1) is 0 Å². The average molecular weight is 363 g/mol. The molecule has 144 valence electrons. The number of carbonyl (C=O) groups excluding carboxylic acids is 3. The van der Waals surface area contributed by atoms with Gasteiger partial charge in [0.25, 0.3) is 0 Å². The van der Waals surface area contributed by atoms with E-state index in [4.69, 9.17) is 4.74 Å². The van der Waals surface area contributed by atoms with E-state index in [1.807, 2.05) is 19.1 Å². The smallest absolute Gasteiger partial charge is 0.408 e. The summed E-state index contributed by atoms with van der Waals surface area (Å²) in [4.78, 5) is 35.4. The Morgan fingerprint density at radius 2 is 1.73 bits per heavy atom. The Bertz CT molecular complexity index is 623. The van der Waals surface area contributed by atoms with Gasteiger partial charge < -0.3 is 20.7 Å². The molecule has 3 amide bonds. The van der Waals surface area contributed by atoms with Crippen LogP contribution >= 0.6 is 0 Å². The molecule has 7 nitrogen and oxygen atoms in total. The van der Waals surface area contributed by atoms with Crippen LogP contribution in [0.3, 0.4) is 0 Å². The monoisotopic (exact) mass is 363 g/mol. The number of hydrogen-bond acceptors (Lipinski definition) is 4. The molecular weight excluding hydrogens is 334 g/mol. The number of hydrogen-bond donors (Lipinski definition) is 3. The molecule has 0 atom stereocenters. The maximum atomic E-state index is 12.0. The summed E-state index contributed by atoms with van der Waals surface area (Å²) in [7, 11) is 0. The third-order valence-corrected chi connectivity index (χ3v) is 3.32. The summed E-state index contributed by atoms with van der Waals surface area (Å²) in [6.07, 6.45) is 1.65. The van der Waals surface area contributed by atoms with Gasteiger partial charge >= 0.3 is 6.09 Å². The molecule has 26 heavy (non-hydrogen) atoms. The molecule has 1 aromatic carbocycles. The molecule has 0 aliphatic rings. The van der Waals surface area contributed by atoms with Gasteiger partial charge in [0.1, 0.15) is 12.1 Å². The van der Waals surface area contributed by atoms with E-state index in [2.05, 4.69) is 16.0 Å². The van der Waals surface area contributed by atoms with Crippen molar-refractivity contribution in [1.82, 2.24) is 10.6 Å². The van der Waals surface area contributed by atoms with Gasteiger partial charge in [-0.15, -0.1) is 0 Å². The SMILES string of the molecule is CCCCC(=O)NCc1ccccc1NC(=O)CNC(=O)OC(C)(C)C. The zero-order chi connectivity index (χ0) is 19.6. The van der Waals surface area contributed by atoms with Gasteiger partial charge in [-0.25, -0.2) is 4.79 Å². The highest BCUT2D eigenvalue weighted by atomic mass is 16.6. The van der Waals surface area contributed by atoms with Gasteiger partial charge in [-0.1, -0.05) is 31.5 Å². The van der Waals surface area contributed by atoms with Crippen molar-refractivity contribution in [2.45, 2.75) is 59.1 Å². The van der Waals surface area contributed by atoms with E-state index in [0.717, 1.165) is 18.4 Å². The predicted octanol–water partition coefficient (Wildman–Crippen LogP) is 2.96. The number of anilines is 1. The van der Waals surface area contributed by atoms with Crippen molar-refractivity contribution in [3.8, 4) is 0 Å². The number of amides is 3. The fourth-order valence-electron chi connectivity index (χ4n) is 2.08. The highest BCUT2D eigenvalue weighted by Crippen LogP contribution is 2.15. The topological polar surface area (TPSA) is 96.5 Å². The first-order chi connectivity index (χ1) is 12.2. The van der Waals surface area contributed by atoms with E-state index in [-0.39, 0.29) is 18.4 Å². The maximum absolute atomic E-state index is 12.0. The Hall–Kier alpha value is -2.57. The molecule has 0 fully saturated rings. The quantitative estimate of drug-likeness (QED) is 0.661. The molecule has 0 heterocycles. The van der Waals surface area contributed by atoms with E-state index in [1.165, 1.54) is 0 Å². The van der Waals surface area contributed by atoms with E-state index in [0.29, 0.717) is 18.7 Å². The zero-order valence-corrected chi connectivity index (χ0v) is 16.0. The van der Waals surface area contributed by atoms with Crippen molar-refractivity contribution in [2.24, 2.45) is 0 Å². The zero-order valence-electron chi connectivity index (χ0n) is 16.0. The number of rotatable bonds is 8. The number of benzene rings is 1. The van der Waals surface area contributed by atoms with Crippen molar-refractivity contribution >= 4 is 23.6 Å². The van der Waals surface area contributed by atoms with E-state index >= 15 is 0 Å². The Morgan fingerprint density at radius 1 is 1.04 bits per heavy atom. The van der Waals surface area contributed by atoms with Crippen LogP contribution in [-0.2, 0) is 20.9 Å². The van der Waals surface area contributed by atoms with Gasteiger partial charge in [0.05, 0.1) is 0 Å². The minimum Gasteiger partial charge on any atom is -0.444 e. The number of carbonyl (C=O) groups is 3. The minimum atomic E-state index is -0.649. The first-order valence-electron chi connectivity index (χ1n) is 8.82. The van der Waals surface area contributed by atoms with Gasteiger partial charge in [0, 0.05) is 18.7 Å². The first kappa shape index (κ1) is 21.5. The molecule has 0 aliphatic heterocycles. The summed E-state index contributed by atoms with van der Waals surface area (Å²) in [5, 5.41) is 7.99. The molecule has 0 aromatic heterocycles. The summed E-state index contributed by atoms with van der Waals surface area (Å²) in [5.74, 6) is -0.389. The lowest BCUT2D eigenvalue weighted by Crippen LogP contribution is -2.37. The van der Waals surface area contributed by atoms with E-state index in [1.54, 1.807) is 32.9 Å². The lowest BCUT2D eigenvalue weighted by molar-refractivity contribution is -0.121. The third kappa shape index (κ3) is 9.05. The number of unbranched alkanes of at least 4 members (excludes halogenated alkanes) is 1. The predicted molar refractivity (Wildman–Crippen MR) is 101 cm³/mol. The second kappa shape index (κ2) is 10.4. The maximum Gasteiger partial charge on any atom is 0.408 e. The van der Waals surface area contributed by atoms with Crippen molar-refractivity contribution in [1.29, 1.82) is 0 Å². The summed E-state index contributed by atoms with van der Waals surface area (Å²) >= 11 is 0. The summed E-state index contributed by atoms with van der Waals surface area (Å²) < 4.78 is 5.08. The molecule has 7 heteroatoms. The van der Waals surface area contributed by atoms with Crippen LogP contribution in [0.4, 0.5) is 10.5 Å². The molecule has 0 spiro atoms. The first-order valence-corrected chi connectivity index (χ1v) is 8.82.